The molecule has 0 saturated heterocycles. The van der Waals surface area contributed by atoms with E-state index in [1.54, 1.807) is 12.1 Å². The van der Waals surface area contributed by atoms with E-state index in [9.17, 15) is 4.79 Å². The number of hydrogen-bond donors (Lipinski definition) is 2. The number of benzene rings is 1. The van der Waals surface area contributed by atoms with Crippen LogP contribution in [-0.4, -0.2) is 19.0 Å². The van der Waals surface area contributed by atoms with E-state index in [0.29, 0.717) is 18.1 Å². The molecule has 0 bridgehead atoms. The summed E-state index contributed by atoms with van der Waals surface area (Å²) in [7, 11) is 0. The van der Waals surface area contributed by atoms with Crippen molar-refractivity contribution in [2.75, 3.05) is 13.1 Å². The lowest BCUT2D eigenvalue weighted by Gasteiger charge is -2.11. The summed E-state index contributed by atoms with van der Waals surface area (Å²) in [4.78, 5) is 10.7. The molecule has 0 fully saturated rings. The smallest absolute Gasteiger partial charge is 0.216 e. The van der Waals surface area contributed by atoms with Crippen LogP contribution in [0.15, 0.2) is 24.3 Å². The van der Waals surface area contributed by atoms with Crippen LogP contribution in [0.3, 0.4) is 0 Å². The van der Waals surface area contributed by atoms with Gasteiger partial charge in [0.1, 0.15) is 6.04 Å². The van der Waals surface area contributed by atoms with Crippen LogP contribution in [0.2, 0.25) is 5.02 Å². The van der Waals surface area contributed by atoms with Crippen molar-refractivity contribution in [2.24, 2.45) is 0 Å². The summed E-state index contributed by atoms with van der Waals surface area (Å²) < 4.78 is 0. The maximum Gasteiger partial charge on any atom is 0.216 e. The highest BCUT2D eigenvalue weighted by Gasteiger charge is 2.08. The molecule has 18 heavy (non-hydrogen) atoms. The Morgan fingerprint density at radius 1 is 1.39 bits per heavy atom. The molecule has 1 atom stereocenters. The maximum absolute atomic E-state index is 10.7. The van der Waals surface area contributed by atoms with E-state index in [2.05, 4.69) is 16.7 Å². The van der Waals surface area contributed by atoms with Gasteiger partial charge in [-0.15, -0.1) is 0 Å². The van der Waals surface area contributed by atoms with Crippen molar-refractivity contribution < 1.29 is 4.79 Å². The Labute approximate surface area is 112 Å². The predicted octanol–water partition coefficient (Wildman–Crippen LogP) is 2.02. The lowest BCUT2D eigenvalue weighted by atomic mass is 10.1. The first-order valence-electron chi connectivity index (χ1n) is 5.76. The van der Waals surface area contributed by atoms with Gasteiger partial charge in [-0.3, -0.25) is 10.1 Å². The second-order valence-electron chi connectivity index (χ2n) is 3.90. The molecule has 0 radical (unpaired) electrons. The van der Waals surface area contributed by atoms with Crippen LogP contribution in [0.25, 0.3) is 0 Å². The third-order valence-corrected chi connectivity index (χ3v) is 2.66. The van der Waals surface area contributed by atoms with E-state index >= 15 is 0 Å². The summed E-state index contributed by atoms with van der Waals surface area (Å²) in [5.74, 6) is -0.0375. The average molecular weight is 266 g/mol. The van der Waals surface area contributed by atoms with E-state index in [0.717, 1.165) is 12.0 Å². The van der Waals surface area contributed by atoms with Crippen molar-refractivity contribution >= 4 is 17.5 Å². The lowest BCUT2D eigenvalue weighted by molar-refractivity contribution is -0.118. The van der Waals surface area contributed by atoms with Gasteiger partial charge in [0.25, 0.3) is 0 Å². The van der Waals surface area contributed by atoms with Crippen LogP contribution < -0.4 is 10.6 Å². The quantitative estimate of drug-likeness (QED) is 0.774. The van der Waals surface area contributed by atoms with Gasteiger partial charge in [-0.05, 0) is 30.7 Å². The Hall–Kier alpha value is -1.57. The lowest BCUT2D eigenvalue weighted by Crippen LogP contribution is -2.27. The molecule has 1 rings (SSSR count). The molecule has 96 valence electrons. The zero-order chi connectivity index (χ0) is 13.4. The average Bonchev–Trinajstić information content (AvgIpc) is 2.35. The summed E-state index contributed by atoms with van der Waals surface area (Å²) in [5, 5.41) is 15.6. The minimum absolute atomic E-state index is 0.0375. The molecule has 0 aliphatic carbocycles. The molecule has 1 aromatic carbocycles. The van der Waals surface area contributed by atoms with E-state index < -0.39 is 0 Å². The van der Waals surface area contributed by atoms with Gasteiger partial charge < -0.3 is 5.32 Å². The molecule has 0 aliphatic heterocycles. The minimum atomic E-state index is -0.348. The summed E-state index contributed by atoms with van der Waals surface area (Å²) in [6.07, 6.45) is 0.783. The Bertz CT molecular complexity index is 425. The van der Waals surface area contributed by atoms with E-state index in [4.69, 9.17) is 16.9 Å². The van der Waals surface area contributed by atoms with Crippen LogP contribution in [0.1, 0.15) is 24.9 Å². The highest BCUT2D eigenvalue weighted by molar-refractivity contribution is 6.30. The number of carbonyl (C=O) groups excluding carboxylic acids is 1. The third kappa shape index (κ3) is 5.17. The van der Waals surface area contributed by atoms with Crippen molar-refractivity contribution in [2.45, 2.75) is 19.4 Å². The first kappa shape index (κ1) is 14.5. The van der Waals surface area contributed by atoms with E-state index in [1.165, 1.54) is 6.92 Å². The number of nitriles is 1. The number of carbonyl (C=O) groups is 1. The number of amides is 1. The van der Waals surface area contributed by atoms with E-state index in [1.807, 2.05) is 12.1 Å². The van der Waals surface area contributed by atoms with Gasteiger partial charge in [-0.1, -0.05) is 23.7 Å². The fourth-order valence-corrected chi connectivity index (χ4v) is 1.62. The normalized spacial score (nSPS) is 11.6. The predicted molar refractivity (Wildman–Crippen MR) is 71.1 cm³/mol. The van der Waals surface area contributed by atoms with Crippen molar-refractivity contribution in [3.8, 4) is 6.07 Å². The number of hydrogen-bond acceptors (Lipinski definition) is 3. The Morgan fingerprint density at radius 2 is 2.06 bits per heavy atom. The topological polar surface area (TPSA) is 64.9 Å². The number of nitrogens with zero attached hydrogens (tertiary/aromatic N) is 1. The third-order valence-electron chi connectivity index (χ3n) is 2.41. The number of rotatable bonds is 6. The zero-order valence-corrected chi connectivity index (χ0v) is 11.0. The molecule has 0 spiro atoms. The highest BCUT2D eigenvalue weighted by atomic mass is 35.5. The summed E-state index contributed by atoms with van der Waals surface area (Å²) in [6, 6.07) is 9.04. The molecule has 0 aromatic heterocycles. The largest absolute Gasteiger partial charge is 0.356 e. The molecule has 4 nitrogen and oxygen atoms in total. The van der Waals surface area contributed by atoms with Crippen molar-refractivity contribution in [3.63, 3.8) is 0 Å². The van der Waals surface area contributed by atoms with Crippen molar-refractivity contribution in [3.05, 3.63) is 34.9 Å². The Morgan fingerprint density at radius 3 is 2.61 bits per heavy atom. The second-order valence-corrected chi connectivity index (χ2v) is 4.34. The Kier molecular flexibility index (Phi) is 6.20. The van der Waals surface area contributed by atoms with Crippen LogP contribution in [0.4, 0.5) is 0 Å². The molecule has 1 amide bonds. The molecule has 2 N–H and O–H groups in total. The van der Waals surface area contributed by atoms with Gasteiger partial charge >= 0.3 is 0 Å². The molecule has 1 unspecified atom stereocenters. The molecule has 0 heterocycles. The molecule has 5 heteroatoms. The van der Waals surface area contributed by atoms with Gasteiger partial charge in [0.2, 0.25) is 5.91 Å². The molecular formula is C13H16ClN3O. The zero-order valence-electron chi connectivity index (χ0n) is 10.2. The number of nitrogens with one attached hydrogen (secondary N) is 2. The summed E-state index contributed by atoms with van der Waals surface area (Å²) in [6.45, 7) is 2.77. The second kappa shape index (κ2) is 7.70. The van der Waals surface area contributed by atoms with Crippen molar-refractivity contribution in [1.82, 2.24) is 10.6 Å². The summed E-state index contributed by atoms with van der Waals surface area (Å²) >= 11 is 5.79. The molecule has 1 aromatic rings. The SMILES string of the molecule is CC(=O)NCCCNC(C#N)c1ccc(Cl)cc1. The van der Waals surface area contributed by atoms with Crippen LogP contribution in [0.5, 0.6) is 0 Å². The highest BCUT2D eigenvalue weighted by Crippen LogP contribution is 2.15. The first-order chi connectivity index (χ1) is 8.63. The van der Waals surface area contributed by atoms with Gasteiger partial charge in [0.15, 0.2) is 0 Å². The van der Waals surface area contributed by atoms with Gasteiger partial charge in [-0.25, -0.2) is 0 Å². The molecule has 0 aliphatic rings. The van der Waals surface area contributed by atoms with Crippen LogP contribution >= 0.6 is 11.6 Å². The summed E-state index contributed by atoms with van der Waals surface area (Å²) in [5.41, 5.74) is 0.890. The van der Waals surface area contributed by atoms with Gasteiger partial charge in [0, 0.05) is 18.5 Å². The maximum atomic E-state index is 10.7. The van der Waals surface area contributed by atoms with Gasteiger partial charge in [0.05, 0.1) is 6.07 Å². The number of halogens is 1. The fraction of sp³-hybridized carbons (Fsp3) is 0.385. The molecular weight excluding hydrogens is 250 g/mol. The standard InChI is InChI=1S/C13H16ClN3O/c1-10(18)16-7-2-8-17-13(9-15)11-3-5-12(14)6-4-11/h3-6,13,17H,2,7-8H2,1H3,(H,16,18). The minimum Gasteiger partial charge on any atom is -0.356 e. The monoisotopic (exact) mass is 265 g/mol. The van der Waals surface area contributed by atoms with Crippen LogP contribution in [-0.2, 0) is 4.79 Å². The van der Waals surface area contributed by atoms with Crippen LogP contribution in [0, 0.1) is 11.3 Å². The fourth-order valence-electron chi connectivity index (χ4n) is 1.49. The van der Waals surface area contributed by atoms with Crippen molar-refractivity contribution in [1.29, 1.82) is 5.26 Å². The molecule has 0 saturated carbocycles. The Balaban J connectivity index is 2.37. The van der Waals surface area contributed by atoms with Gasteiger partial charge in [-0.2, -0.15) is 5.26 Å². The van der Waals surface area contributed by atoms with E-state index in [-0.39, 0.29) is 11.9 Å². The first-order valence-corrected chi connectivity index (χ1v) is 6.14.